The summed E-state index contributed by atoms with van der Waals surface area (Å²) in [7, 11) is 0. The minimum Gasteiger partial charge on any atom is -0.423 e. The lowest BCUT2D eigenvalue weighted by Crippen LogP contribution is -2.20. The predicted octanol–water partition coefficient (Wildman–Crippen LogP) is 6.17. The van der Waals surface area contributed by atoms with Gasteiger partial charge in [0, 0.05) is 48.7 Å². The molecule has 0 aromatic heterocycles. The van der Waals surface area contributed by atoms with Crippen LogP contribution in [0.25, 0.3) is 0 Å². The average molecular weight is 503 g/mol. The van der Waals surface area contributed by atoms with Crippen LogP contribution in [0.1, 0.15) is 46.0 Å². The molecular weight excluding hydrogens is 464 g/mol. The molecule has 4 rings (SSSR count). The third kappa shape index (κ3) is 7.25. The van der Waals surface area contributed by atoms with Gasteiger partial charge in [0.2, 0.25) is 0 Å². The molecule has 2 fully saturated rings. The first-order valence-electron chi connectivity index (χ1n) is 13.2. The molecule has 0 N–H and O–H groups in total. The molecule has 0 saturated carbocycles. The lowest BCUT2D eigenvalue weighted by molar-refractivity contribution is -0.130. The monoisotopic (exact) mass is 502 g/mol. The summed E-state index contributed by atoms with van der Waals surface area (Å²) >= 11 is 0. The minimum absolute atomic E-state index is 0.390. The SMILES string of the molecule is C=C(C)C(=O)Oc1ccc(N2CCC(CCCC3CCN(c4ccc(OC(=O)C(=C)C)cc4)C3)C2)cc1. The fraction of sp³-hybridized carbons (Fsp3) is 0.419. The van der Waals surface area contributed by atoms with Gasteiger partial charge in [-0.1, -0.05) is 19.6 Å². The standard InChI is InChI=1S/C31H38N2O4/c1-22(2)30(34)36-28-12-8-26(9-13-28)32-18-16-24(20-32)6-5-7-25-17-19-33(21-25)27-10-14-29(15-11-27)37-31(35)23(3)4/h8-15,24-25H,1,3,5-7,16-21H2,2,4H3. The Bertz CT molecular complexity index is 1030. The van der Waals surface area contributed by atoms with Gasteiger partial charge in [0.15, 0.2) is 0 Å². The zero-order chi connectivity index (χ0) is 26.4. The van der Waals surface area contributed by atoms with Crippen molar-refractivity contribution < 1.29 is 19.1 Å². The number of nitrogens with zero attached hydrogens (tertiary/aromatic N) is 2. The summed E-state index contributed by atoms with van der Waals surface area (Å²) in [5, 5.41) is 0. The van der Waals surface area contributed by atoms with Crippen molar-refractivity contribution in [3.05, 3.63) is 72.8 Å². The van der Waals surface area contributed by atoms with Gasteiger partial charge in [-0.05, 0) is 99.9 Å². The molecule has 2 unspecified atom stereocenters. The number of esters is 2. The van der Waals surface area contributed by atoms with Crippen molar-refractivity contribution in [1.29, 1.82) is 0 Å². The summed E-state index contributed by atoms with van der Waals surface area (Å²) in [5.41, 5.74) is 3.16. The Hall–Kier alpha value is -3.54. The zero-order valence-corrected chi connectivity index (χ0v) is 22.1. The van der Waals surface area contributed by atoms with Crippen molar-refractivity contribution in [1.82, 2.24) is 0 Å². The average Bonchev–Trinajstić information content (AvgIpc) is 3.55. The number of hydrogen-bond acceptors (Lipinski definition) is 6. The molecule has 196 valence electrons. The van der Waals surface area contributed by atoms with Crippen LogP contribution in [0.2, 0.25) is 0 Å². The second kappa shape index (κ2) is 12.1. The van der Waals surface area contributed by atoms with Gasteiger partial charge in [-0.25, -0.2) is 9.59 Å². The second-order valence-corrected chi connectivity index (χ2v) is 10.5. The van der Waals surface area contributed by atoms with Crippen molar-refractivity contribution in [2.75, 3.05) is 36.0 Å². The lowest BCUT2D eigenvalue weighted by Gasteiger charge is -2.20. The molecule has 6 heteroatoms. The van der Waals surface area contributed by atoms with Gasteiger partial charge >= 0.3 is 11.9 Å². The molecule has 2 aliphatic rings. The van der Waals surface area contributed by atoms with Crippen LogP contribution in [-0.2, 0) is 9.59 Å². The van der Waals surface area contributed by atoms with Gasteiger partial charge < -0.3 is 19.3 Å². The maximum absolute atomic E-state index is 11.7. The highest BCUT2D eigenvalue weighted by atomic mass is 16.5. The quantitative estimate of drug-likeness (QED) is 0.220. The molecule has 37 heavy (non-hydrogen) atoms. The van der Waals surface area contributed by atoms with Crippen molar-refractivity contribution in [2.45, 2.75) is 46.0 Å². The van der Waals surface area contributed by atoms with Gasteiger partial charge in [0.25, 0.3) is 0 Å². The number of carbonyl (C=O) groups is 2. The second-order valence-electron chi connectivity index (χ2n) is 10.5. The summed E-state index contributed by atoms with van der Waals surface area (Å²) in [6.45, 7) is 14.9. The third-order valence-corrected chi connectivity index (χ3v) is 7.32. The van der Waals surface area contributed by atoms with E-state index in [2.05, 4.69) is 23.0 Å². The number of anilines is 2. The minimum atomic E-state index is -0.390. The van der Waals surface area contributed by atoms with Crippen LogP contribution in [0.5, 0.6) is 11.5 Å². The van der Waals surface area contributed by atoms with Crippen LogP contribution < -0.4 is 19.3 Å². The van der Waals surface area contributed by atoms with Crippen molar-refractivity contribution >= 4 is 23.3 Å². The van der Waals surface area contributed by atoms with Gasteiger partial charge in [-0.2, -0.15) is 0 Å². The number of ether oxygens (including phenoxy) is 2. The van der Waals surface area contributed by atoms with Crippen LogP contribution in [0.15, 0.2) is 72.8 Å². The Morgan fingerprint density at radius 1 is 0.730 bits per heavy atom. The first kappa shape index (κ1) is 26.5. The summed E-state index contributed by atoms with van der Waals surface area (Å²) < 4.78 is 10.6. The Morgan fingerprint density at radius 2 is 1.11 bits per heavy atom. The fourth-order valence-electron chi connectivity index (χ4n) is 5.14. The molecular formula is C31H38N2O4. The van der Waals surface area contributed by atoms with Crippen LogP contribution >= 0.6 is 0 Å². The molecule has 0 bridgehead atoms. The van der Waals surface area contributed by atoms with Crippen molar-refractivity contribution in [3.8, 4) is 11.5 Å². The summed E-state index contributed by atoms with van der Waals surface area (Å²) in [4.78, 5) is 28.3. The van der Waals surface area contributed by atoms with E-state index < -0.39 is 0 Å². The zero-order valence-electron chi connectivity index (χ0n) is 22.1. The van der Waals surface area contributed by atoms with E-state index in [1.54, 1.807) is 13.8 Å². The molecule has 6 nitrogen and oxygen atoms in total. The van der Waals surface area contributed by atoms with Crippen LogP contribution in [0, 0.1) is 11.8 Å². The summed E-state index contributed by atoms with van der Waals surface area (Å²) in [6, 6.07) is 15.6. The molecule has 0 radical (unpaired) electrons. The highest BCUT2D eigenvalue weighted by Gasteiger charge is 2.25. The summed E-state index contributed by atoms with van der Waals surface area (Å²) in [5.74, 6) is 1.79. The van der Waals surface area contributed by atoms with E-state index in [9.17, 15) is 9.59 Å². The first-order valence-corrected chi connectivity index (χ1v) is 13.2. The van der Waals surface area contributed by atoms with E-state index in [0.29, 0.717) is 22.6 Å². The van der Waals surface area contributed by atoms with E-state index in [0.717, 1.165) is 38.0 Å². The molecule has 2 aromatic rings. The van der Waals surface area contributed by atoms with E-state index in [-0.39, 0.29) is 11.9 Å². The smallest absolute Gasteiger partial charge is 0.338 e. The highest BCUT2D eigenvalue weighted by molar-refractivity contribution is 5.89. The Morgan fingerprint density at radius 3 is 1.46 bits per heavy atom. The first-order chi connectivity index (χ1) is 17.8. The normalized spacial score (nSPS) is 19.1. The number of benzene rings is 2. The largest absolute Gasteiger partial charge is 0.423 e. The number of rotatable bonds is 10. The Balaban J connectivity index is 1.16. The lowest BCUT2D eigenvalue weighted by atomic mass is 9.95. The molecule has 0 spiro atoms. The Labute approximate surface area is 220 Å². The van der Waals surface area contributed by atoms with Gasteiger partial charge in [0.1, 0.15) is 11.5 Å². The van der Waals surface area contributed by atoms with E-state index in [1.807, 2.05) is 48.5 Å². The molecule has 2 heterocycles. The van der Waals surface area contributed by atoms with Gasteiger partial charge in [0.05, 0.1) is 0 Å². The molecule has 0 aliphatic carbocycles. The van der Waals surface area contributed by atoms with E-state index in [4.69, 9.17) is 9.47 Å². The van der Waals surface area contributed by atoms with Crippen LogP contribution in [-0.4, -0.2) is 38.1 Å². The van der Waals surface area contributed by atoms with E-state index >= 15 is 0 Å². The number of carbonyl (C=O) groups excluding carboxylic acids is 2. The fourth-order valence-corrected chi connectivity index (χ4v) is 5.14. The van der Waals surface area contributed by atoms with Crippen LogP contribution in [0.4, 0.5) is 11.4 Å². The molecule has 0 amide bonds. The topological polar surface area (TPSA) is 59.1 Å². The van der Waals surface area contributed by atoms with Crippen LogP contribution in [0.3, 0.4) is 0 Å². The maximum Gasteiger partial charge on any atom is 0.338 e. The number of hydrogen-bond donors (Lipinski definition) is 0. The molecule has 2 aliphatic heterocycles. The van der Waals surface area contributed by atoms with Crippen molar-refractivity contribution in [3.63, 3.8) is 0 Å². The molecule has 2 atom stereocenters. The van der Waals surface area contributed by atoms with Crippen molar-refractivity contribution in [2.24, 2.45) is 11.8 Å². The van der Waals surface area contributed by atoms with E-state index in [1.165, 1.54) is 43.5 Å². The maximum atomic E-state index is 11.7. The predicted molar refractivity (Wildman–Crippen MR) is 148 cm³/mol. The molecule has 2 saturated heterocycles. The van der Waals surface area contributed by atoms with Gasteiger partial charge in [-0.15, -0.1) is 0 Å². The van der Waals surface area contributed by atoms with Gasteiger partial charge in [-0.3, -0.25) is 0 Å². The molecule has 2 aromatic carbocycles. The summed E-state index contributed by atoms with van der Waals surface area (Å²) in [6.07, 6.45) is 6.26. The Kier molecular flexibility index (Phi) is 8.70. The third-order valence-electron chi connectivity index (χ3n) is 7.32. The highest BCUT2D eigenvalue weighted by Crippen LogP contribution is 2.32.